The molecule has 1 saturated heterocycles. The molecule has 0 aliphatic carbocycles. The molecule has 1 aliphatic rings. The number of carbonyl (C=O) groups is 1. The van der Waals surface area contributed by atoms with E-state index in [1.807, 2.05) is 18.2 Å². The van der Waals surface area contributed by atoms with Crippen molar-refractivity contribution in [1.82, 2.24) is 20.1 Å². The molecule has 0 spiro atoms. The third kappa shape index (κ3) is 6.86. The topological polar surface area (TPSA) is 48.5 Å². The second-order valence-electron chi connectivity index (χ2n) is 8.24. The Morgan fingerprint density at radius 1 is 0.935 bits per heavy atom. The summed E-state index contributed by atoms with van der Waals surface area (Å²) in [5.41, 5.74) is 2.45. The summed E-state index contributed by atoms with van der Waals surface area (Å²) in [4.78, 5) is 21.8. The standard InChI is InChI=1S/C25H32N4OS/c30-24(12-6-13-25-27-22-10-4-5-11-23(22)31-25)26-14-7-15-28-16-18-29(19-17-28)20-21-8-2-1-3-9-21/h1-5,8-11H,6-7,12-20H2,(H,26,30). The molecule has 4 rings (SSSR count). The van der Waals surface area contributed by atoms with Crippen LogP contribution < -0.4 is 5.32 Å². The third-order valence-corrected chi connectivity index (χ3v) is 6.92. The maximum Gasteiger partial charge on any atom is 0.220 e. The summed E-state index contributed by atoms with van der Waals surface area (Å²) in [6.45, 7) is 7.34. The van der Waals surface area contributed by atoms with Gasteiger partial charge in [-0.25, -0.2) is 4.98 Å². The van der Waals surface area contributed by atoms with Crippen molar-refractivity contribution in [3.8, 4) is 0 Å². The first-order chi connectivity index (χ1) is 15.3. The zero-order valence-electron chi connectivity index (χ0n) is 18.1. The fraction of sp³-hybridized carbons (Fsp3) is 0.440. The normalized spacial score (nSPS) is 15.4. The lowest BCUT2D eigenvalue weighted by Gasteiger charge is -2.34. The van der Waals surface area contributed by atoms with E-state index in [0.29, 0.717) is 6.42 Å². The van der Waals surface area contributed by atoms with E-state index in [0.717, 1.165) is 75.6 Å². The van der Waals surface area contributed by atoms with Gasteiger partial charge in [0.05, 0.1) is 15.2 Å². The Labute approximate surface area is 189 Å². The number of nitrogens with one attached hydrogen (secondary N) is 1. The van der Waals surface area contributed by atoms with Crippen LogP contribution in [-0.4, -0.2) is 60.0 Å². The first-order valence-electron chi connectivity index (χ1n) is 11.4. The number of benzene rings is 2. The molecule has 31 heavy (non-hydrogen) atoms. The van der Waals surface area contributed by atoms with Gasteiger partial charge in [0.1, 0.15) is 0 Å². The van der Waals surface area contributed by atoms with Gasteiger partial charge in [-0.15, -0.1) is 11.3 Å². The molecule has 1 N–H and O–H groups in total. The Morgan fingerprint density at radius 3 is 2.48 bits per heavy atom. The second-order valence-corrected chi connectivity index (χ2v) is 9.35. The van der Waals surface area contributed by atoms with Crippen LogP contribution >= 0.6 is 11.3 Å². The van der Waals surface area contributed by atoms with Crippen LogP contribution in [0.25, 0.3) is 10.2 Å². The maximum atomic E-state index is 12.1. The largest absolute Gasteiger partial charge is 0.356 e. The molecule has 1 fully saturated rings. The molecule has 2 heterocycles. The number of para-hydroxylation sites is 1. The van der Waals surface area contributed by atoms with Crippen molar-refractivity contribution < 1.29 is 4.79 Å². The second kappa shape index (κ2) is 11.4. The summed E-state index contributed by atoms with van der Waals surface area (Å²) < 4.78 is 1.22. The molecule has 0 bridgehead atoms. The monoisotopic (exact) mass is 436 g/mol. The number of aryl methyl sites for hydroxylation is 1. The molecule has 1 aromatic heterocycles. The molecular formula is C25H32N4OS. The van der Waals surface area contributed by atoms with Gasteiger partial charge in [0, 0.05) is 45.7 Å². The average Bonchev–Trinajstić information content (AvgIpc) is 3.21. The Morgan fingerprint density at radius 2 is 1.68 bits per heavy atom. The number of amides is 1. The molecule has 0 saturated carbocycles. The Kier molecular flexibility index (Phi) is 8.04. The smallest absolute Gasteiger partial charge is 0.220 e. The van der Waals surface area contributed by atoms with Crippen LogP contribution in [-0.2, 0) is 17.8 Å². The van der Waals surface area contributed by atoms with Gasteiger partial charge in [0.25, 0.3) is 0 Å². The van der Waals surface area contributed by atoms with Crippen molar-refractivity contribution in [3.05, 3.63) is 65.2 Å². The Balaban J connectivity index is 1.05. The predicted octanol–water partition coefficient (Wildman–Crippen LogP) is 3.94. The number of hydrogen-bond acceptors (Lipinski definition) is 5. The van der Waals surface area contributed by atoms with Crippen molar-refractivity contribution in [2.45, 2.75) is 32.2 Å². The fourth-order valence-electron chi connectivity index (χ4n) is 4.06. The highest BCUT2D eigenvalue weighted by Gasteiger charge is 2.16. The van der Waals surface area contributed by atoms with Crippen molar-refractivity contribution in [2.24, 2.45) is 0 Å². The summed E-state index contributed by atoms with van der Waals surface area (Å²) in [5.74, 6) is 0.161. The number of hydrogen-bond donors (Lipinski definition) is 1. The number of aromatic nitrogens is 1. The molecule has 0 unspecified atom stereocenters. The van der Waals surface area contributed by atoms with E-state index in [1.54, 1.807) is 11.3 Å². The summed E-state index contributed by atoms with van der Waals surface area (Å²) >= 11 is 1.73. The number of thiazole rings is 1. The van der Waals surface area contributed by atoms with E-state index in [9.17, 15) is 4.79 Å². The number of piperazine rings is 1. The predicted molar refractivity (Wildman–Crippen MR) is 128 cm³/mol. The molecule has 3 aromatic rings. The first kappa shape index (κ1) is 21.9. The summed E-state index contributed by atoms with van der Waals surface area (Å²) in [6.07, 6.45) is 3.32. The van der Waals surface area contributed by atoms with Gasteiger partial charge in [-0.1, -0.05) is 42.5 Å². The van der Waals surface area contributed by atoms with Crippen molar-refractivity contribution in [3.63, 3.8) is 0 Å². The zero-order chi connectivity index (χ0) is 21.3. The summed E-state index contributed by atoms with van der Waals surface area (Å²) in [6, 6.07) is 18.9. The molecule has 1 amide bonds. The van der Waals surface area contributed by atoms with Crippen LogP contribution in [0.3, 0.4) is 0 Å². The molecule has 5 nitrogen and oxygen atoms in total. The lowest BCUT2D eigenvalue weighted by Crippen LogP contribution is -2.46. The SMILES string of the molecule is O=C(CCCc1nc2ccccc2s1)NCCCN1CCN(Cc2ccccc2)CC1. The molecule has 0 atom stereocenters. The molecule has 2 aromatic carbocycles. The van der Waals surface area contributed by atoms with Crippen LogP contribution in [0, 0.1) is 0 Å². The highest BCUT2D eigenvalue weighted by Crippen LogP contribution is 2.22. The van der Waals surface area contributed by atoms with Gasteiger partial charge >= 0.3 is 0 Å². The van der Waals surface area contributed by atoms with Crippen LogP contribution in [0.4, 0.5) is 0 Å². The van der Waals surface area contributed by atoms with E-state index >= 15 is 0 Å². The van der Waals surface area contributed by atoms with Crippen LogP contribution in [0.15, 0.2) is 54.6 Å². The van der Waals surface area contributed by atoms with Crippen molar-refractivity contribution in [1.29, 1.82) is 0 Å². The third-order valence-electron chi connectivity index (χ3n) is 5.82. The van der Waals surface area contributed by atoms with E-state index < -0.39 is 0 Å². The minimum Gasteiger partial charge on any atom is -0.356 e. The molecule has 0 radical (unpaired) electrons. The van der Waals surface area contributed by atoms with Crippen molar-refractivity contribution in [2.75, 3.05) is 39.3 Å². The lowest BCUT2D eigenvalue weighted by atomic mass is 10.2. The zero-order valence-corrected chi connectivity index (χ0v) is 18.9. The summed E-state index contributed by atoms with van der Waals surface area (Å²) in [7, 11) is 0. The van der Waals surface area contributed by atoms with Gasteiger partial charge in [-0.3, -0.25) is 9.69 Å². The first-order valence-corrected chi connectivity index (χ1v) is 12.2. The van der Waals surface area contributed by atoms with E-state index in [-0.39, 0.29) is 5.91 Å². The average molecular weight is 437 g/mol. The quantitative estimate of drug-likeness (QED) is 0.489. The van der Waals surface area contributed by atoms with Gasteiger partial charge in [-0.05, 0) is 43.5 Å². The molecule has 164 valence electrons. The minimum absolute atomic E-state index is 0.161. The van der Waals surface area contributed by atoms with Crippen LogP contribution in [0.2, 0.25) is 0 Å². The number of fused-ring (bicyclic) bond motifs is 1. The highest BCUT2D eigenvalue weighted by atomic mass is 32.1. The number of carbonyl (C=O) groups excluding carboxylic acids is 1. The van der Waals surface area contributed by atoms with E-state index in [1.165, 1.54) is 10.3 Å². The van der Waals surface area contributed by atoms with Gasteiger partial charge in [0.15, 0.2) is 0 Å². The van der Waals surface area contributed by atoms with Gasteiger partial charge in [0.2, 0.25) is 5.91 Å². The minimum atomic E-state index is 0.161. The van der Waals surface area contributed by atoms with E-state index in [2.05, 4.69) is 56.5 Å². The Hall–Kier alpha value is -2.28. The van der Waals surface area contributed by atoms with E-state index in [4.69, 9.17) is 0 Å². The number of nitrogens with zero attached hydrogens (tertiary/aromatic N) is 3. The fourth-order valence-corrected chi connectivity index (χ4v) is 5.07. The summed E-state index contributed by atoms with van der Waals surface area (Å²) in [5, 5.41) is 4.21. The Bertz CT molecular complexity index is 917. The van der Waals surface area contributed by atoms with Crippen molar-refractivity contribution >= 4 is 27.5 Å². The van der Waals surface area contributed by atoms with Crippen LogP contribution in [0.1, 0.15) is 29.8 Å². The lowest BCUT2D eigenvalue weighted by molar-refractivity contribution is -0.121. The van der Waals surface area contributed by atoms with Crippen LogP contribution in [0.5, 0.6) is 0 Å². The number of rotatable bonds is 10. The maximum absolute atomic E-state index is 12.1. The van der Waals surface area contributed by atoms with Gasteiger partial charge in [-0.2, -0.15) is 0 Å². The molecule has 6 heteroatoms. The molecular weight excluding hydrogens is 404 g/mol. The van der Waals surface area contributed by atoms with Gasteiger partial charge < -0.3 is 10.2 Å². The highest BCUT2D eigenvalue weighted by molar-refractivity contribution is 7.18. The molecule has 1 aliphatic heterocycles.